The highest BCUT2D eigenvalue weighted by atomic mass is 19.3. The summed E-state index contributed by atoms with van der Waals surface area (Å²) in [7, 11) is 1.64. The number of hydrogen-bond acceptors (Lipinski definition) is 6. The first-order chi connectivity index (χ1) is 13.9. The van der Waals surface area contributed by atoms with Crippen LogP contribution < -0.4 is 24.4 Å². The Morgan fingerprint density at radius 1 is 1.07 bits per heavy atom. The van der Waals surface area contributed by atoms with E-state index in [2.05, 4.69) is 24.6 Å². The lowest BCUT2D eigenvalue weighted by Gasteiger charge is -2.35. The number of fused-ring (bicyclic) bond motifs is 1. The zero-order valence-electron chi connectivity index (χ0n) is 15.9. The second-order valence-electron chi connectivity index (χ2n) is 6.84. The van der Waals surface area contributed by atoms with Gasteiger partial charge in [0, 0.05) is 43.6 Å². The van der Waals surface area contributed by atoms with E-state index < -0.39 is 6.29 Å². The number of amides is 1. The van der Waals surface area contributed by atoms with Gasteiger partial charge in [0.25, 0.3) is 0 Å². The molecule has 1 amide bonds. The Morgan fingerprint density at radius 3 is 2.45 bits per heavy atom. The topological polar surface area (TPSA) is 63.3 Å². The third kappa shape index (κ3) is 4.51. The Labute approximate surface area is 166 Å². The normalized spacial score (nSPS) is 17.8. The Morgan fingerprint density at radius 2 is 1.76 bits per heavy atom. The van der Waals surface area contributed by atoms with E-state index in [0.29, 0.717) is 5.69 Å². The number of anilines is 2. The molecule has 0 saturated carbocycles. The average molecular weight is 405 g/mol. The van der Waals surface area contributed by atoms with Gasteiger partial charge < -0.3 is 24.4 Å². The lowest BCUT2D eigenvalue weighted by Crippen LogP contribution is -2.48. The van der Waals surface area contributed by atoms with Crippen molar-refractivity contribution in [1.29, 1.82) is 0 Å². The minimum atomic E-state index is -3.67. The fourth-order valence-corrected chi connectivity index (χ4v) is 3.39. The van der Waals surface area contributed by atoms with Crippen LogP contribution >= 0.6 is 0 Å². The molecule has 2 aliphatic rings. The fourth-order valence-electron chi connectivity index (χ4n) is 3.39. The van der Waals surface area contributed by atoms with Crippen LogP contribution in [0.1, 0.15) is 0 Å². The number of methoxy groups -OCH3 is 1. The first kappa shape index (κ1) is 19.3. The van der Waals surface area contributed by atoms with E-state index in [0.717, 1.165) is 37.6 Å². The lowest BCUT2D eigenvalue weighted by atomic mass is 10.2. The van der Waals surface area contributed by atoms with Crippen LogP contribution in [0, 0.1) is 0 Å². The highest BCUT2D eigenvalue weighted by Gasteiger charge is 2.43. The maximum atomic E-state index is 13.1. The van der Waals surface area contributed by atoms with Crippen molar-refractivity contribution in [2.45, 2.75) is 6.29 Å². The number of ether oxygens (including phenoxy) is 3. The van der Waals surface area contributed by atoms with Gasteiger partial charge >= 0.3 is 6.29 Å². The van der Waals surface area contributed by atoms with Crippen LogP contribution in [-0.2, 0) is 4.79 Å². The molecule has 0 atom stereocenters. The van der Waals surface area contributed by atoms with Crippen LogP contribution in [0.15, 0.2) is 42.5 Å². The van der Waals surface area contributed by atoms with Crippen molar-refractivity contribution in [2.75, 3.05) is 50.1 Å². The monoisotopic (exact) mass is 405 g/mol. The predicted octanol–water partition coefficient (Wildman–Crippen LogP) is 2.78. The van der Waals surface area contributed by atoms with Gasteiger partial charge in [-0.25, -0.2) is 0 Å². The molecule has 0 spiro atoms. The molecule has 1 fully saturated rings. The number of carbonyl (C=O) groups is 1. The molecule has 2 aromatic carbocycles. The number of hydrogen-bond donors (Lipinski definition) is 1. The van der Waals surface area contributed by atoms with Crippen molar-refractivity contribution in [1.82, 2.24) is 4.90 Å². The average Bonchev–Trinajstić information content (AvgIpc) is 3.01. The first-order valence-corrected chi connectivity index (χ1v) is 9.23. The van der Waals surface area contributed by atoms with Crippen molar-refractivity contribution < 1.29 is 27.8 Å². The van der Waals surface area contributed by atoms with Crippen LogP contribution in [0.4, 0.5) is 20.2 Å². The number of halogens is 2. The van der Waals surface area contributed by atoms with E-state index in [1.54, 1.807) is 7.11 Å². The molecule has 9 heteroatoms. The first-order valence-electron chi connectivity index (χ1n) is 9.23. The minimum absolute atomic E-state index is 0.0531. The summed E-state index contributed by atoms with van der Waals surface area (Å²) in [6.45, 7) is 3.32. The number of nitrogens with one attached hydrogen (secondary N) is 1. The van der Waals surface area contributed by atoms with Crippen LogP contribution in [0.5, 0.6) is 17.2 Å². The number of piperazine rings is 1. The zero-order chi connectivity index (χ0) is 20.4. The summed E-state index contributed by atoms with van der Waals surface area (Å²) in [5.41, 5.74) is 1.50. The molecule has 29 heavy (non-hydrogen) atoms. The van der Waals surface area contributed by atoms with E-state index in [1.165, 1.54) is 18.2 Å². The smallest absolute Gasteiger partial charge is 0.497 e. The Balaban J connectivity index is 1.27. The summed E-state index contributed by atoms with van der Waals surface area (Å²) in [4.78, 5) is 16.6. The van der Waals surface area contributed by atoms with Gasteiger partial charge in [0.05, 0.1) is 13.7 Å². The highest BCUT2D eigenvalue weighted by molar-refractivity contribution is 5.92. The van der Waals surface area contributed by atoms with Crippen LogP contribution in [0.2, 0.25) is 0 Å². The van der Waals surface area contributed by atoms with Crippen LogP contribution in [0.3, 0.4) is 0 Å². The standard InChI is InChI=1S/C20H21F2N3O4/c1-27-16-5-3-15(4-6-16)25-10-8-24(9-11-25)13-19(26)23-14-2-7-17-18(12-14)29-20(21,22)28-17/h2-7,12H,8-11,13H2,1H3,(H,23,26). The maximum absolute atomic E-state index is 13.1. The molecule has 4 rings (SSSR count). The van der Waals surface area contributed by atoms with E-state index in [1.807, 2.05) is 24.3 Å². The third-order valence-electron chi connectivity index (χ3n) is 4.86. The third-order valence-corrected chi connectivity index (χ3v) is 4.86. The lowest BCUT2D eigenvalue weighted by molar-refractivity contribution is -0.286. The summed E-state index contributed by atoms with van der Waals surface area (Å²) in [6.07, 6.45) is -3.67. The number of rotatable bonds is 5. The highest BCUT2D eigenvalue weighted by Crippen LogP contribution is 2.42. The summed E-state index contributed by atoms with van der Waals surface area (Å²) >= 11 is 0. The van der Waals surface area contributed by atoms with Gasteiger partial charge in [-0.3, -0.25) is 9.69 Å². The molecule has 1 saturated heterocycles. The van der Waals surface area contributed by atoms with Crippen molar-refractivity contribution in [3.05, 3.63) is 42.5 Å². The molecular formula is C20H21F2N3O4. The van der Waals surface area contributed by atoms with Crippen LogP contribution in [0.25, 0.3) is 0 Å². The predicted molar refractivity (Wildman–Crippen MR) is 103 cm³/mol. The molecule has 0 radical (unpaired) electrons. The summed E-state index contributed by atoms with van der Waals surface area (Å²) < 4.78 is 40.1. The summed E-state index contributed by atoms with van der Waals surface area (Å²) in [6, 6.07) is 12.1. The summed E-state index contributed by atoms with van der Waals surface area (Å²) in [5.74, 6) is 0.452. The molecule has 154 valence electrons. The molecule has 2 heterocycles. The number of alkyl halides is 2. The van der Waals surface area contributed by atoms with Gasteiger partial charge in [0.15, 0.2) is 11.5 Å². The molecule has 2 aromatic rings. The van der Waals surface area contributed by atoms with E-state index in [9.17, 15) is 13.6 Å². The van der Waals surface area contributed by atoms with Gasteiger partial charge in [-0.1, -0.05) is 0 Å². The van der Waals surface area contributed by atoms with Gasteiger partial charge in [-0.15, -0.1) is 8.78 Å². The van der Waals surface area contributed by atoms with Gasteiger partial charge in [-0.2, -0.15) is 0 Å². The Hall–Kier alpha value is -3.07. The van der Waals surface area contributed by atoms with Gasteiger partial charge in [0.1, 0.15) is 5.75 Å². The summed E-state index contributed by atoms with van der Waals surface area (Å²) in [5, 5.41) is 2.71. The fraction of sp³-hybridized carbons (Fsp3) is 0.350. The van der Waals surface area contributed by atoms with Crippen molar-refractivity contribution in [3.8, 4) is 17.2 Å². The minimum Gasteiger partial charge on any atom is -0.497 e. The number of benzene rings is 2. The SMILES string of the molecule is COc1ccc(N2CCN(CC(=O)Nc3ccc4c(c3)OC(F)(F)O4)CC2)cc1. The van der Waals surface area contributed by atoms with E-state index in [4.69, 9.17) is 4.74 Å². The zero-order valence-corrected chi connectivity index (χ0v) is 15.9. The Bertz CT molecular complexity index is 884. The molecular weight excluding hydrogens is 384 g/mol. The number of carbonyl (C=O) groups excluding carboxylic acids is 1. The molecule has 0 unspecified atom stereocenters. The van der Waals surface area contributed by atoms with E-state index >= 15 is 0 Å². The molecule has 0 bridgehead atoms. The molecule has 2 aliphatic heterocycles. The van der Waals surface area contributed by atoms with Crippen LogP contribution in [-0.4, -0.2) is 56.9 Å². The maximum Gasteiger partial charge on any atom is 0.586 e. The second-order valence-corrected chi connectivity index (χ2v) is 6.84. The molecule has 0 aliphatic carbocycles. The van der Waals surface area contributed by atoms with Crippen molar-refractivity contribution >= 4 is 17.3 Å². The van der Waals surface area contributed by atoms with Gasteiger partial charge in [0.2, 0.25) is 5.91 Å². The van der Waals surface area contributed by atoms with E-state index in [-0.39, 0.29) is 24.0 Å². The number of nitrogens with zero attached hydrogens (tertiary/aromatic N) is 2. The van der Waals surface area contributed by atoms with Crippen molar-refractivity contribution in [2.24, 2.45) is 0 Å². The Kier molecular flexibility index (Phi) is 5.14. The van der Waals surface area contributed by atoms with Gasteiger partial charge in [-0.05, 0) is 36.4 Å². The molecule has 7 nitrogen and oxygen atoms in total. The largest absolute Gasteiger partial charge is 0.586 e. The molecule has 1 N–H and O–H groups in total. The second kappa shape index (κ2) is 7.75. The molecule has 0 aromatic heterocycles. The quantitative estimate of drug-likeness (QED) is 0.826. The van der Waals surface area contributed by atoms with Crippen molar-refractivity contribution in [3.63, 3.8) is 0 Å².